The number of ether oxygens (including phenoxy) is 1. The van der Waals surface area contributed by atoms with Crippen LogP contribution in [0.25, 0.3) is 0 Å². The van der Waals surface area contributed by atoms with E-state index >= 15 is 0 Å². The first kappa shape index (κ1) is 21.0. The minimum absolute atomic E-state index is 0.0482. The van der Waals surface area contributed by atoms with E-state index in [0.29, 0.717) is 32.6 Å². The van der Waals surface area contributed by atoms with Crippen molar-refractivity contribution in [1.29, 1.82) is 0 Å². The SMILES string of the molecule is O=C1OC2(CCN(C(=O)c3ccccc3CN3CCCCC3)C2)CN1Cc1ccccc1. The molecule has 1 unspecified atom stereocenters. The third-order valence-electron chi connectivity index (χ3n) is 6.95. The first-order valence-electron chi connectivity index (χ1n) is 11.7. The Labute approximate surface area is 189 Å². The highest BCUT2D eigenvalue weighted by molar-refractivity contribution is 5.96. The Hall–Kier alpha value is -2.86. The number of benzene rings is 2. The fraction of sp³-hybridized carbons (Fsp3) is 0.462. The van der Waals surface area contributed by atoms with Crippen LogP contribution >= 0.6 is 0 Å². The van der Waals surface area contributed by atoms with E-state index in [1.54, 1.807) is 4.90 Å². The molecule has 3 saturated heterocycles. The van der Waals surface area contributed by atoms with Crippen molar-refractivity contribution in [1.82, 2.24) is 14.7 Å². The van der Waals surface area contributed by atoms with Crippen LogP contribution in [0.1, 0.15) is 47.2 Å². The summed E-state index contributed by atoms with van der Waals surface area (Å²) in [7, 11) is 0. The average molecular weight is 434 g/mol. The van der Waals surface area contributed by atoms with E-state index in [1.165, 1.54) is 19.3 Å². The van der Waals surface area contributed by atoms with Crippen molar-refractivity contribution in [3.8, 4) is 0 Å². The fourth-order valence-corrected chi connectivity index (χ4v) is 5.24. The first-order chi connectivity index (χ1) is 15.6. The molecule has 0 aliphatic carbocycles. The van der Waals surface area contributed by atoms with Gasteiger partial charge < -0.3 is 9.64 Å². The second-order valence-electron chi connectivity index (χ2n) is 9.36. The van der Waals surface area contributed by atoms with Gasteiger partial charge in [-0.3, -0.25) is 14.6 Å². The van der Waals surface area contributed by atoms with E-state index in [9.17, 15) is 9.59 Å². The van der Waals surface area contributed by atoms with Gasteiger partial charge in [0.2, 0.25) is 0 Å². The second kappa shape index (κ2) is 8.94. The van der Waals surface area contributed by atoms with Gasteiger partial charge in [0.05, 0.1) is 13.1 Å². The van der Waals surface area contributed by atoms with Gasteiger partial charge in [-0.15, -0.1) is 0 Å². The molecule has 0 saturated carbocycles. The van der Waals surface area contributed by atoms with Crippen LogP contribution in [0.3, 0.4) is 0 Å². The molecular formula is C26H31N3O3. The number of likely N-dealkylation sites (tertiary alicyclic amines) is 2. The molecule has 0 bridgehead atoms. The van der Waals surface area contributed by atoms with E-state index in [1.807, 2.05) is 53.4 Å². The zero-order valence-corrected chi connectivity index (χ0v) is 18.5. The van der Waals surface area contributed by atoms with Gasteiger partial charge in [0.1, 0.15) is 0 Å². The zero-order chi connectivity index (χ0) is 22.0. The highest BCUT2D eigenvalue weighted by Crippen LogP contribution is 2.34. The van der Waals surface area contributed by atoms with E-state index in [-0.39, 0.29) is 12.0 Å². The van der Waals surface area contributed by atoms with Crippen molar-refractivity contribution < 1.29 is 14.3 Å². The van der Waals surface area contributed by atoms with Crippen molar-refractivity contribution >= 4 is 12.0 Å². The summed E-state index contributed by atoms with van der Waals surface area (Å²) < 4.78 is 5.85. The molecule has 6 nitrogen and oxygen atoms in total. The summed E-state index contributed by atoms with van der Waals surface area (Å²) in [6.45, 7) is 5.16. The van der Waals surface area contributed by atoms with Crippen LogP contribution in [0.5, 0.6) is 0 Å². The minimum atomic E-state index is -0.594. The maximum absolute atomic E-state index is 13.5. The summed E-state index contributed by atoms with van der Waals surface area (Å²) >= 11 is 0. The molecule has 0 radical (unpaired) electrons. The summed E-state index contributed by atoms with van der Waals surface area (Å²) in [6, 6.07) is 17.9. The standard InChI is InChI=1S/C26H31N3O3/c30-24(23-12-6-5-11-22(23)18-27-14-7-2-8-15-27)28-16-13-26(19-28)20-29(25(31)32-26)17-21-9-3-1-4-10-21/h1,3-6,9-12H,2,7-8,13-20H2. The molecule has 5 rings (SSSR count). The molecule has 168 valence electrons. The second-order valence-corrected chi connectivity index (χ2v) is 9.36. The molecule has 2 aromatic carbocycles. The van der Waals surface area contributed by atoms with Gasteiger partial charge in [-0.2, -0.15) is 0 Å². The Morgan fingerprint density at radius 3 is 2.44 bits per heavy atom. The summed E-state index contributed by atoms with van der Waals surface area (Å²) in [5, 5.41) is 0. The van der Waals surface area contributed by atoms with E-state index < -0.39 is 5.60 Å². The summed E-state index contributed by atoms with van der Waals surface area (Å²) in [4.78, 5) is 32.1. The van der Waals surface area contributed by atoms with E-state index in [4.69, 9.17) is 4.74 Å². The Kier molecular flexibility index (Phi) is 5.87. The van der Waals surface area contributed by atoms with Crippen LogP contribution in [0.2, 0.25) is 0 Å². The lowest BCUT2D eigenvalue weighted by Crippen LogP contribution is -2.39. The number of carbonyl (C=O) groups excluding carboxylic acids is 2. The van der Waals surface area contributed by atoms with Crippen LogP contribution in [-0.4, -0.2) is 65.0 Å². The summed E-state index contributed by atoms with van der Waals surface area (Å²) in [5.74, 6) is 0.0482. The smallest absolute Gasteiger partial charge is 0.410 e. The quantitative estimate of drug-likeness (QED) is 0.718. The normalized spacial score (nSPS) is 23.7. The molecule has 1 spiro atoms. The highest BCUT2D eigenvalue weighted by Gasteiger charge is 2.50. The largest absolute Gasteiger partial charge is 0.439 e. The van der Waals surface area contributed by atoms with Gasteiger partial charge in [-0.05, 0) is 43.1 Å². The van der Waals surface area contributed by atoms with Crippen LogP contribution in [-0.2, 0) is 17.8 Å². The molecular weight excluding hydrogens is 402 g/mol. The lowest BCUT2D eigenvalue weighted by molar-refractivity contribution is 0.0551. The van der Waals surface area contributed by atoms with Crippen molar-refractivity contribution in [3.63, 3.8) is 0 Å². The molecule has 3 aliphatic rings. The number of nitrogens with zero attached hydrogens (tertiary/aromatic N) is 3. The molecule has 0 N–H and O–H groups in total. The molecule has 6 heteroatoms. The summed E-state index contributed by atoms with van der Waals surface area (Å²) in [5.41, 5.74) is 2.36. The van der Waals surface area contributed by atoms with Gasteiger partial charge >= 0.3 is 6.09 Å². The molecule has 2 aromatic rings. The Bertz CT molecular complexity index is 973. The molecule has 0 aromatic heterocycles. The number of amides is 2. The molecule has 2 amide bonds. The van der Waals surface area contributed by atoms with Gasteiger partial charge in [-0.25, -0.2) is 4.79 Å². The molecule has 3 fully saturated rings. The first-order valence-corrected chi connectivity index (χ1v) is 11.7. The van der Waals surface area contributed by atoms with Crippen LogP contribution < -0.4 is 0 Å². The van der Waals surface area contributed by atoms with Gasteiger partial charge in [-0.1, -0.05) is 55.0 Å². The van der Waals surface area contributed by atoms with E-state index in [2.05, 4.69) is 11.0 Å². The topological polar surface area (TPSA) is 53.1 Å². The number of piperidine rings is 1. The van der Waals surface area contributed by atoms with E-state index in [0.717, 1.165) is 36.3 Å². The van der Waals surface area contributed by atoms with Crippen molar-refractivity contribution in [2.24, 2.45) is 0 Å². The van der Waals surface area contributed by atoms with Gasteiger partial charge in [0.25, 0.3) is 5.91 Å². The Morgan fingerprint density at radius 1 is 0.875 bits per heavy atom. The number of hydrogen-bond donors (Lipinski definition) is 0. The lowest BCUT2D eigenvalue weighted by atomic mass is 10.0. The Balaban J connectivity index is 1.26. The molecule has 32 heavy (non-hydrogen) atoms. The van der Waals surface area contributed by atoms with Crippen molar-refractivity contribution in [2.45, 2.75) is 44.4 Å². The van der Waals surface area contributed by atoms with Gasteiger partial charge in [0.15, 0.2) is 5.60 Å². The van der Waals surface area contributed by atoms with Gasteiger partial charge in [0, 0.05) is 31.6 Å². The molecule has 3 aliphatic heterocycles. The third-order valence-corrected chi connectivity index (χ3v) is 6.95. The van der Waals surface area contributed by atoms with Crippen LogP contribution in [0, 0.1) is 0 Å². The predicted octanol–water partition coefficient (Wildman–Crippen LogP) is 3.91. The maximum Gasteiger partial charge on any atom is 0.410 e. The fourth-order valence-electron chi connectivity index (χ4n) is 5.24. The monoisotopic (exact) mass is 433 g/mol. The van der Waals surface area contributed by atoms with Crippen LogP contribution in [0.15, 0.2) is 54.6 Å². The number of rotatable bonds is 5. The van der Waals surface area contributed by atoms with Crippen LogP contribution in [0.4, 0.5) is 4.79 Å². The van der Waals surface area contributed by atoms with Crippen molar-refractivity contribution in [3.05, 3.63) is 71.3 Å². The Morgan fingerprint density at radius 2 is 1.62 bits per heavy atom. The predicted molar refractivity (Wildman–Crippen MR) is 122 cm³/mol. The molecule has 3 heterocycles. The van der Waals surface area contributed by atoms with Crippen molar-refractivity contribution in [2.75, 3.05) is 32.7 Å². The lowest BCUT2D eigenvalue weighted by Gasteiger charge is -2.28. The maximum atomic E-state index is 13.5. The summed E-state index contributed by atoms with van der Waals surface area (Å²) in [6.07, 6.45) is 4.16. The minimum Gasteiger partial charge on any atom is -0.439 e. The highest BCUT2D eigenvalue weighted by atomic mass is 16.6. The number of carbonyl (C=O) groups is 2. The zero-order valence-electron chi connectivity index (χ0n) is 18.5. The average Bonchev–Trinajstić information content (AvgIpc) is 3.37. The number of hydrogen-bond acceptors (Lipinski definition) is 4. The third kappa shape index (κ3) is 4.37. The molecule has 1 atom stereocenters.